The van der Waals surface area contributed by atoms with Gasteiger partial charge in [-0.15, -0.1) is 0 Å². The number of hydrogen-bond donors (Lipinski definition) is 2. The number of ether oxygens (including phenoxy) is 1. The quantitative estimate of drug-likeness (QED) is 0.231. The molecule has 3 aliphatic rings. The summed E-state index contributed by atoms with van der Waals surface area (Å²) in [5, 5.41) is 3.61. The lowest BCUT2D eigenvalue weighted by molar-refractivity contribution is -0.218. The third-order valence-electron chi connectivity index (χ3n) is 10.2. The number of rotatable bonds is 8. The topological polar surface area (TPSA) is 139 Å². The predicted molar refractivity (Wildman–Crippen MR) is 183 cm³/mol. The van der Waals surface area contributed by atoms with Gasteiger partial charge in [-0.2, -0.15) is 0 Å². The number of carbonyl (C=O) groups is 3. The highest BCUT2D eigenvalue weighted by molar-refractivity contribution is 5.99. The van der Waals surface area contributed by atoms with E-state index in [1.807, 2.05) is 31.2 Å². The monoisotopic (exact) mass is 726 g/mol. The van der Waals surface area contributed by atoms with Gasteiger partial charge in [-0.1, -0.05) is 42.5 Å². The van der Waals surface area contributed by atoms with Crippen molar-refractivity contribution in [2.75, 3.05) is 6.54 Å². The summed E-state index contributed by atoms with van der Waals surface area (Å²) in [6, 6.07) is 16.2. The van der Waals surface area contributed by atoms with Crippen LogP contribution >= 0.6 is 0 Å². The SMILES string of the molecule is CC1CCC2(CC(=O)N(Cc3nc4ccccc4[nH]3)O2)C2CN1C(=O)c1c(OCc3ccccc3)c(=O)c(C(=O)NCc3c(F)cc(F)cc3F)cn12. The van der Waals surface area contributed by atoms with Crippen molar-refractivity contribution in [2.45, 2.75) is 63.6 Å². The van der Waals surface area contributed by atoms with Crippen molar-refractivity contribution in [3.8, 4) is 5.75 Å². The molecule has 3 unspecified atom stereocenters. The van der Waals surface area contributed by atoms with E-state index in [0.29, 0.717) is 36.4 Å². The van der Waals surface area contributed by atoms with Crippen molar-refractivity contribution in [2.24, 2.45) is 0 Å². The number of nitrogens with zero attached hydrogens (tertiary/aromatic N) is 4. The number of hydroxylamine groups is 2. The van der Waals surface area contributed by atoms with Crippen LogP contribution in [0.3, 0.4) is 0 Å². The zero-order chi connectivity index (χ0) is 37.0. The van der Waals surface area contributed by atoms with Crippen LogP contribution in [-0.2, 0) is 29.3 Å². The Morgan fingerprint density at radius 3 is 2.55 bits per heavy atom. The first-order valence-corrected chi connectivity index (χ1v) is 17.1. The standard InChI is InChI=1S/C38H33F3N6O6/c1-21-11-12-38(15-32(48)47(53-38)19-31-43-28-9-5-6-10-29(28)44-31)30-18-45(21)37(51)33-35(52-20-22-7-3-2-4-8-22)34(49)25(17-46(30)33)36(50)42-16-24-26(40)13-23(39)14-27(24)41/h2-10,13-14,17,21,30H,11-12,15-16,18-20H2,1H3,(H,42,50)(H,43,44). The first kappa shape index (κ1) is 34.1. The van der Waals surface area contributed by atoms with E-state index < -0.39 is 69.8 Å². The van der Waals surface area contributed by atoms with Crippen LogP contribution in [0.15, 0.2) is 77.7 Å². The van der Waals surface area contributed by atoms with Crippen molar-refractivity contribution >= 4 is 28.8 Å². The molecule has 53 heavy (non-hydrogen) atoms. The lowest BCUT2D eigenvalue weighted by Crippen LogP contribution is -2.52. The molecule has 2 bridgehead atoms. The van der Waals surface area contributed by atoms with Gasteiger partial charge in [-0.3, -0.25) is 24.0 Å². The predicted octanol–water partition coefficient (Wildman–Crippen LogP) is 4.93. The summed E-state index contributed by atoms with van der Waals surface area (Å²) in [6.45, 7) is 1.16. The molecule has 2 N–H and O–H groups in total. The van der Waals surface area contributed by atoms with Gasteiger partial charge < -0.3 is 24.5 Å². The van der Waals surface area contributed by atoms with Crippen molar-refractivity contribution in [1.82, 2.24) is 29.8 Å². The van der Waals surface area contributed by atoms with E-state index in [2.05, 4.69) is 15.3 Å². The molecule has 3 aliphatic heterocycles. The lowest BCUT2D eigenvalue weighted by Gasteiger charge is -2.42. The zero-order valence-corrected chi connectivity index (χ0v) is 28.4. The fraction of sp³-hybridized carbons (Fsp3) is 0.289. The molecule has 3 amide bonds. The second kappa shape index (κ2) is 13.2. The molecule has 0 saturated carbocycles. The van der Waals surface area contributed by atoms with Crippen LogP contribution in [0.25, 0.3) is 11.0 Å². The Labute approximate surface area is 300 Å². The van der Waals surface area contributed by atoms with Gasteiger partial charge in [0.25, 0.3) is 11.8 Å². The maximum absolute atomic E-state index is 14.5. The number of carbonyl (C=O) groups excluding carboxylic acids is 3. The van der Waals surface area contributed by atoms with Crippen LogP contribution < -0.4 is 15.5 Å². The molecule has 0 aliphatic carbocycles. The van der Waals surface area contributed by atoms with Crippen LogP contribution in [0.1, 0.15) is 70.0 Å². The number of nitrogens with one attached hydrogen (secondary N) is 2. The highest BCUT2D eigenvalue weighted by Gasteiger charge is 2.56. The normalized spacial score (nSPS) is 20.9. The summed E-state index contributed by atoms with van der Waals surface area (Å²) < 4.78 is 50.0. The minimum absolute atomic E-state index is 0.0206. The van der Waals surface area contributed by atoms with E-state index in [4.69, 9.17) is 9.57 Å². The van der Waals surface area contributed by atoms with Gasteiger partial charge in [0.15, 0.2) is 11.4 Å². The number of hydrogen-bond acceptors (Lipinski definition) is 7. The second-order valence-electron chi connectivity index (χ2n) is 13.6. The number of para-hydroxylation sites is 2. The van der Waals surface area contributed by atoms with E-state index in [1.165, 1.54) is 15.8 Å². The van der Waals surface area contributed by atoms with E-state index >= 15 is 0 Å². The molecule has 3 aromatic carbocycles. The molecule has 2 aromatic heterocycles. The Morgan fingerprint density at radius 2 is 1.79 bits per heavy atom. The molecule has 2 saturated heterocycles. The Morgan fingerprint density at radius 1 is 1.06 bits per heavy atom. The number of fused-ring (bicyclic) bond motifs is 6. The number of halogens is 3. The van der Waals surface area contributed by atoms with Crippen LogP contribution in [0, 0.1) is 17.5 Å². The van der Waals surface area contributed by atoms with Crippen molar-refractivity contribution in [3.05, 3.63) is 129 Å². The summed E-state index contributed by atoms with van der Waals surface area (Å²) in [7, 11) is 0. The van der Waals surface area contributed by atoms with Crippen LogP contribution in [0.2, 0.25) is 0 Å². The highest BCUT2D eigenvalue weighted by atomic mass is 19.1. The summed E-state index contributed by atoms with van der Waals surface area (Å²) >= 11 is 0. The smallest absolute Gasteiger partial charge is 0.274 e. The molecule has 0 radical (unpaired) electrons. The number of H-pyrrole nitrogens is 1. The van der Waals surface area contributed by atoms with Crippen LogP contribution in [0.5, 0.6) is 5.75 Å². The van der Waals surface area contributed by atoms with Crippen molar-refractivity contribution in [3.63, 3.8) is 0 Å². The molecule has 2 fully saturated rings. The third kappa shape index (κ3) is 6.09. The first-order valence-electron chi connectivity index (χ1n) is 17.1. The number of amides is 3. The van der Waals surface area contributed by atoms with Gasteiger partial charge in [0.2, 0.25) is 11.3 Å². The molecular formula is C38H33F3N6O6. The molecule has 272 valence electrons. The number of imidazole rings is 1. The van der Waals surface area contributed by atoms with Gasteiger partial charge >= 0.3 is 0 Å². The average Bonchev–Trinajstić information content (AvgIpc) is 3.66. The molecule has 5 aromatic rings. The van der Waals surface area contributed by atoms with Crippen molar-refractivity contribution in [1.29, 1.82) is 0 Å². The van der Waals surface area contributed by atoms with E-state index in [-0.39, 0.29) is 43.8 Å². The summed E-state index contributed by atoms with van der Waals surface area (Å²) in [5.41, 5.74) is -1.12. The molecule has 1 spiro atoms. The Balaban J connectivity index is 1.20. The summed E-state index contributed by atoms with van der Waals surface area (Å²) in [6.07, 6.45) is 1.97. The number of benzene rings is 3. The first-order chi connectivity index (χ1) is 25.5. The maximum atomic E-state index is 14.5. The fourth-order valence-corrected chi connectivity index (χ4v) is 7.46. The molecule has 12 nitrogen and oxygen atoms in total. The van der Waals surface area contributed by atoms with Gasteiger partial charge in [0.05, 0.1) is 23.5 Å². The molecule has 15 heteroatoms. The average molecular weight is 727 g/mol. The van der Waals surface area contributed by atoms with Gasteiger partial charge in [0, 0.05) is 43.0 Å². The van der Waals surface area contributed by atoms with Gasteiger partial charge in [-0.05, 0) is 37.5 Å². The zero-order valence-electron chi connectivity index (χ0n) is 28.4. The molecule has 3 atom stereocenters. The largest absolute Gasteiger partial charge is 0.483 e. The lowest BCUT2D eigenvalue weighted by atomic mass is 9.85. The summed E-state index contributed by atoms with van der Waals surface area (Å²) in [5.74, 6) is -5.28. The Bertz CT molecular complexity index is 2290. The minimum Gasteiger partial charge on any atom is -0.483 e. The number of pyridine rings is 1. The second-order valence-corrected chi connectivity index (χ2v) is 13.6. The third-order valence-corrected chi connectivity index (χ3v) is 10.2. The van der Waals surface area contributed by atoms with Crippen LogP contribution in [0.4, 0.5) is 13.2 Å². The highest BCUT2D eigenvalue weighted by Crippen LogP contribution is 2.47. The minimum atomic E-state index is -1.22. The van der Waals surface area contributed by atoms with E-state index in [0.717, 1.165) is 11.0 Å². The Kier molecular flexibility index (Phi) is 8.52. The Hall–Kier alpha value is -5.96. The fourth-order valence-electron chi connectivity index (χ4n) is 7.46. The van der Waals surface area contributed by atoms with Crippen molar-refractivity contribution < 1.29 is 37.1 Å². The number of aromatic amines is 1. The van der Waals surface area contributed by atoms with Gasteiger partial charge in [-0.25, -0.2) is 23.2 Å². The van der Waals surface area contributed by atoms with E-state index in [9.17, 15) is 32.3 Å². The maximum Gasteiger partial charge on any atom is 0.274 e. The molecule has 5 heterocycles. The van der Waals surface area contributed by atoms with E-state index in [1.54, 1.807) is 35.2 Å². The number of aromatic nitrogens is 3. The van der Waals surface area contributed by atoms with Gasteiger partial charge in [0.1, 0.15) is 47.6 Å². The van der Waals surface area contributed by atoms with Crippen LogP contribution in [-0.4, -0.2) is 60.4 Å². The summed E-state index contributed by atoms with van der Waals surface area (Å²) in [4.78, 5) is 71.8. The molecule has 8 rings (SSSR count). The molecular weight excluding hydrogens is 693 g/mol.